The van der Waals surface area contributed by atoms with Gasteiger partial charge in [-0.2, -0.15) is 0 Å². The lowest BCUT2D eigenvalue weighted by Crippen LogP contribution is -2.38. The molecule has 0 amide bonds. The Labute approximate surface area is 146 Å². The third-order valence-corrected chi connectivity index (χ3v) is 4.66. The van der Waals surface area contributed by atoms with Gasteiger partial charge in [0.25, 0.3) is 0 Å². The van der Waals surface area contributed by atoms with Gasteiger partial charge in [0.15, 0.2) is 5.60 Å². The Morgan fingerprint density at radius 2 is 1.42 bits per heavy atom. The molecule has 0 N–H and O–H groups in total. The van der Waals surface area contributed by atoms with E-state index in [1.165, 1.54) is 0 Å². The molecule has 3 aromatic carbocycles. The van der Waals surface area contributed by atoms with Crippen LogP contribution in [0.25, 0.3) is 0 Å². The summed E-state index contributed by atoms with van der Waals surface area (Å²) in [6.45, 7) is 0. The van der Waals surface area contributed by atoms with Crippen LogP contribution >= 0.6 is 11.6 Å². The Kier molecular flexibility index (Phi) is 3.83. The maximum absolute atomic E-state index is 6.47. The maximum atomic E-state index is 6.47. The summed E-state index contributed by atoms with van der Waals surface area (Å²) in [6.07, 6.45) is 0. The van der Waals surface area contributed by atoms with E-state index in [9.17, 15) is 0 Å². The zero-order chi connectivity index (χ0) is 16.4. The van der Waals surface area contributed by atoms with Crippen LogP contribution in [-0.2, 0) is 10.3 Å². The summed E-state index contributed by atoms with van der Waals surface area (Å²) in [5.74, 6) is 0.902. The largest absolute Gasteiger partial charge is 0.459 e. The van der Waals surface area contributed by atoms with Crippen LogP contribution in [0.15, 0.2) is 89.9 Å². The molecule has 1 aliphatic heterocycles. The molecule has 4 rings (SSSR count). The lowest BCUT2D eigenvalue weighted by Gasteiger charge is -2.37. The van der Waals surface area contributed by atoms with Crippen molar-refractivity contribution < 1.29 is 4.74 Å². The third-order valence-electron chi connectivity index (χ3n) is 4.28. The first kappa shape index (κ1) is 15.0. The van der Waals surface area contributed by atoms with Crippen molar-refractivity contribution in [1.82, 2.24) is 0 Å². The quantitative estimate of drug-likeness (QED) is 0.598. The molecule has 1 heterocycles. The van der Waals surface area contributed by atoms with Gasteiger partial charge in [0, 0.05) is 16.7 Å². The van der Waals surface area contributed by atoms with Gasteiger partial charge < -0.3 is 4.74 Å². The predicted molar refractivity (Wildman–Crippen MR) is 98.1 cm³/mol. The molecule has 0 radical (unpaired) electrons. The molecule has 118 valence electrons. The van der Waals surface area contributed by atoms with E-state index < -0.39 is 5.60 Å². The summed E-state index contributed by atoms with van der Waals surface area (Å²) < 4.78 is 6.44. The summed E-state index contributed by atoms with van der Waals surface area (Å²) >= 11 is 6.47. The summed E-state index contributed by atoms with van der Waals surface area (Å²) in [7, 11) is 0. The number of halogens is 1. The van der Waals surface area contributed by atoms with Crippen molar-refractivity contribution in [2.45, 2.75) is 5.60 Å². The standard InChI is InChI=1S/C21H16ClNO/c22-15-21(17-11-5-2-6-12-17)18-13-7-8-14-19(18)23-20(24-21)16-9-3-1-4-10-16/h1-14H,15H2/t21-/m0/s1. The highest BCUT2D eigenvalue weighted by atomic mass is 35.5. The highest BCUT2D eigenvalue weighted by Crippen LogP contribution is 2.44. The Hall–Kier alpha value is -2.58. The average Bonchev–Trinajstić information content (AvgIpc) is 2.68. The van der Waals surface area contributed by atoms with E-state index in [2.05, 4.69) is 0 Å². The zero-order valence-electron chi connectivity index (χ0n) is 13.0. The lowest BCUT2D eigenvalue weighted by atomic mass is 9.85. The molecular weight excluding hydrogens is 318 g/mol. The number of hydrogen-bond donors (Lipinski definition) is 0. The van der Waals surface area contributed by atoms with Crippen molar-refractivity contribution in [1.29, 1.82) is 0 Å². The Morgan fingerprint density at radius 1 is 0.792 bits per heavy atom. The maximum Gasteiger partial charge on any atom is 0.222 e. The second-order valence-electron chi connectivity index (χ2n) is 5.73. The smallest absolute Gasteiger partial charge is 0.222 e. The molecule has 2 nitrogen and oxygen atoms in total. The van der Waals surface area contributed by atoms with Crippen LogP contribution in [0.4, 0.5) is 5.69 Å². The first-order valence-electron chi connectivity index (χ1n) is 7.87. The monoisotopic (exact) mass is 333 g/mol. The SMILES string of the molecule is ClC[C@@]1(c2ccccc2)OC(c2ccccc2)=Nc2ccccc21. The summed E-state index contributed by atoms with van der Waals surface area (Å²) in [5.41, 5.74) is 3.11. The number of benzene rings is 3. The van der Waals surface area contributed by atoms with Crippen LogP contribution in [-0.4, -0.2) is 11.8 Å². The molecule has 3 heteroatoms. The van der Waals surface area contributed by atoms with Gasteiger partial charge in [-0.1, -0.05) is 66.7 Å². The first-order chi connectivity index (χ1) is 11.8. The molecule has 0 fully saturated rings. The molecule has 1 atom stereocenters. The number of ether oxygens (including phenoxy) is 1. The molecule has 0 spiro atoms. The van der Waals surface area contributed by atoms with Gasteiger partial charge in [-0.15, -0.1) is 11.6 Å². The first-order valence-corrected chi connectivity index (χ1v) is 8.41. The van der Waals surface area contributed by atoms with Gasteiger partial charge in [0.2, 0.25) is 5.90 Å². The van der Waals surface area contributed by atoms with E-state index in [1.807, 2.05) is 84.9 Å². The van der Waals surface area contributed by atoms with Gasteiger partial charge in [0.1, 0.15) is 0 Å². The predicted octanol–water partition coefficient (Wildman–Crippen LogP) is 5.28. The molecule has 0 aromatic heterocycles. The van der Waals surface area contributed by atoms with E-state index >= 15 is 0 Å². The number of nitrogens with zero attached hydrogens (tertiary/aromatic N) is 1. The number of fused-ring (bicyclic) bond motifs is 1. The van der Waals surface area contributed by atoms with Crippen molar-refractivity contribution in [3.63, 3.8) is 0 Å². The number of alkyl halides is 1. The van der Waals surface area contributed by atoms with Crippen molar-refractivity contribution in [3.05, 3.63) is 102 Å². The molecular formula is C21H16ClNO. The highest BCUT2D eigenvalue weighted by molar-refractivity contribution is 6.19. The molecule has 0 unspecified atom stereocenters. The van der Waals surface area contributed by atoms with Crippen LogP contribution in [0, 0.1) is 0 Å². The van der Waals surface area contributed by atoms with Gasteiger partial charge in [-0.25, -0.2) is 4.99 Å². The summed E-state index contributed by atoms with van der Waals surface area (Å²) in [6, 6.07) is 28.1. The van der Waals surface area contributed by atoms with Gasteiger partial charge >= 0.3 is 0 Å². The number of para-hydroxylation sites is 1. The molecule has 0 saturated heterocycles. The second-order valence-corrected chi connectivity index (χ2v) is 6.00. The summed E-state index contributed by atoms with van der Waals surface area (Å²) in [5, 5.41) is 0. The molecule has 0 saturated carbocycles. The van der Waals surface area contributed by atoms with Crippen molar-refractivity contribution in [2.24, 2.45) is 4.99 Å². The fourth-order valence-electron chi connectivity index (χ4n) is 3.07. The topological polar surface area (TPSA) is 21.6 Å². The minimum absolute atomic E-state index is 0.305. The van der Waals surface area contributed by atoms with Crippen LogP contribution in [0.3, 0.4) is 0 Å². The van der Waals surface area contributed by atoms with Crippen LogP contribution in [0.2, 0.25) is 0 Å². The third kappa shape index (κ3) is 2.40. The van der Waals surface area contributed by atoms with Crippen molar-refractivity contribution in [3.8, 4) is 0 Å². The lowest BCUT2D eigenvalue weighted by molar-refractivity contribution is 0.118. The Balaban J connectivity index is 1.94. The molecule has 0 aliphatic carbocycles. The van der Waals surface area contributed by atoms with Crippen LogP contribution in [0.5, 0.6) is 0 Å². The van der Waals surface area contributed by atoms with Gasteiger partial charge in [0.05, 0.1) is 11.6 Å². The van der Waals surface area contributed by atoms with Gasteiger partial charge in [-0.3, -0.25) is 0 Å². The highest BCUT2D eigenvalue weighted by Gasteiger charge is 2.41. The Morgan fingerprint density at radius 3 is 2.12 bits per heavy atom. The molecule has 24 heavy (non-hydrogen) atoms. The van der Waals surface area contributed by atoms with Crippen molar-refractivity contribution in [2.75, 3.05) is 5.88 Å². The minimum Gasteiger partial charge on any atom is -0.459 e. The average molecular weight is 334 g/mol. The molecule has 0 bridgehead atoms. The minimum atomic E-state index is -0.744. The zero-order valence-corrected chi connectivity index (χ0v) is 13.8. The van der Waals surface area contributed by atoms with E-state index in [1.54, 1.807) is 0 Å². The Bertz CT molecular complexity index is 877. The van der Waals surface area contributed by atoms with E-state index in [0.717, 1.165) is 22.4 Å². The van der Waals surface area contributed by atoms with E-state index in [0.29, 0.717) is 11.8 Å². The fourth-order valence-corrected chi connectivity index (χ4v) is 3.42. The van der Waals surface area contributed by atoms with E-state index in [4.69, 9.17) is 21.3 Å². The normalized spacial score (nSPS) is 19.1. The second kappa shape index (κ2) is 6.14. The fraction of sp³-hybridized carbons (Fsp3) is 0.0952. The van der Waals surface area contributed by atoms with Crippen LogP contribution in [0.1, 0.15) is 16.7 Å². The van der Waals surface area contributed by atoms with E-state index in [-0.39, 0.29) is 0 Å². The van der Waals surface area contributed by atoms with Crippen molar-refractivity contribution >= 4 is 23.2 Å². The van der Waals surface area contributed by atoms with Crippen LogP contribution < -0.4 is 0 Å². The number of aliphatic imine (C=N–C) groups is 1. The molecule has 3 aromatic rings. The summed E-state index contributed by atoms with van der Waals surface area (Å²) in [4.78, 5) is 4.72. The number of rotatable bonds is 3. The number of hydrogen-bond acceptors (Lipinski definition) is 2. The van der Waals surface area contributed by atoms with Gasteiger partial charge in [-0.05, 0) is 18.2 Å². The molecule has 1 aliphatic rings.